The van der Waals surface area contributed by atoms with Crippen molar-refractivity contribution in [1.29, 1.82) is 0 Å². The molecular formula is C18H17F4N5O2. The first-order valence-corrected chi connectivity index (χ1v) is 8.91. The highest BCUT2D eigenvalue weighted by Crippen LogP contribution is 2.40. The molecule has 1 fully saturated rings. The molecule has 154 valence electrons. The summed E-state index contributed by atoms with van der Waals surface area (Å²) in [6.07, 6.45) is -6.54. The number of halogens is 4. The van der Waals surface area contributed by atoms with Gasteiger partial charge in [-0.05, 0) is 25.1 Å². The third kappa shape index (κ3) is 3.82. The Hall–Kier alpha value is -2.95. The molecule has 0 radical (unpaired) electrons. The van der Waals surface area contributed by atoms with E-state index in [0.717, 1.165) is 12.1 Å². The van der Waals surface area contributed by atoms with Crippen LogP contribution in [-0.4, -0.2) is 41.7 Å². The van der Waals surface area contributed by atoms with Gasteiger partial charge >= 0.3 is 12.3 Å². The van der Waals surface area contributed by atoms with Crippen molar-refractivity contribution in [2.24, 2.45) is 0 Å². The van der Waals surface area contributed by atoms with E-state index in [1.165, 1.54) is 12.3 Å². The molecule has 7 nitrogen and oxygen atoms in total. The van der Waals surface area contributed by atoms with Crippen LogP contribution < -0.4 is 15.5 Å². The number of nitrogens with zero attached hydrogens (tertiary/aromatic N) is 3. The maximum absolute atomic E-state index is 14.4. The molecule has 2 atom stereocenters. The zero-order valence-electron chi connectivity index (χ0n) is 15.3. The first-order chi connectivity index (χ1) is 13.7. The van der Waals surface area contributed by atoms with E-state index in [4.69, 9.17) is 0 Å². The lowest BCUT2D eigenvalue weighted by Gasteiger charge is -2.33. The van der Waals surface area contributed by atoms with Crippen LogP contribution in [0.2, 0.25) is 0 Å². The minimum absolute atomic E-state index is 0.0676. The van der Waals surface area contributed by atoms with E-state index in [0.29, 0.717) is 19.6 Å². The van der Waals surface area contributed by atoms with Gasteiger partial charge in [0, 0.05) is 37.4 Å². The number of nitrogens with one attached hydrogen (secondary N) is 2. The van der Waals surface area contributed by atoms with Gasteiger partial charge in [0.25, 0.3) is 6.36 Å². The molecule has 4 rings (SSSR count). The van der Waals surface area contributed by atoms with E-state index >= 15 is 0 Å². The van der Waals surface area contributed by atoms with Gasteiger partial charge in [-0.3, -0.25) is 5.32 Å². The number of ether oxygens (including phenoxy) is 1. The third-order valence-electron chi connectivity index (χ3n) is 4.76. The number of alkyl halides is 4. The fourth-order valence-corrected chi connectivity index (χ4v) is 3.43. The van der Waals surface area contributed by atoms with Crippen molar-refractivity contribution in [2.45, 2.75) is 25.5 Å². The summed E-state index contributed by atoms with van der Waals surface area (Å²) in [5, 5.41) is 5.47. The second-order valence-electron chi connectivity index (χ2n) is 6.87. The highest BCUT2D eigenvalue weighted by Gasteiger charge is 2.35. The maximum Gasteiger partial charge on any atom is 0.416 e. The summed E-state index contributed by atoms with van der Waals surface area (Å²) in [5.41, 5.74) is -1.08. The summed E-state index contributed by atoms with van der Waals surface area (Å²) in [4.78, 5) is 21.4. The van der Waals surface area contributed by atoms with Crippen molar-refractivity contribution >= 4 is 17.7 Å². The second kappa shape index (κ2) is 7.14. The summed E-state index contributed by atoms with van der Waals surface area (Å²) in [7, 11) is 0. The minimum atomic E-state index is -4.61. The van der Waals surface area contributed by atoms with Crippen LogP contribution >= 0.6 is 0 Å². The van der Waals surface area contributed by atoms with Gasteiger partial charge < -0.3 is 15.0 Å². The van der Waals surface area contributed by atoms with Gasteiger partial charge in [-0.25, -0.2) is 14.8 Å². The molecule has 2 aliphatic rings. The number of hydrogen-bond acceptors (Lipinski definition) is 6. The number of rotatable bonds is 2. The molecule has 2 aromatic rings. The van der Waals surface area contributed by atoms with Crippen LogP contribution in [0, 0.1) is 0 Å². The van der Waals surface area contributed by atoms with Gasteiger partial charge in [0.2, 0.25) is 0 Å². The lowest BCUT2D eigenvalue weighted by atomic mass is 10.0. The summed E-state index contributed by atoms with van der Waals surface area (Å²) in [6, 6.07) is 3.27. The summed E-state index contributed by atoms with van der Waals surface area (Å²) < 4.78 is 59.6. The van der Waals surface area contributed by atoms with E-state index in [9.17, 15) is 22.4 Å². The van der Waals surface area contributed by atoms with E-state index in [2.05, 4.69) is 25.3 Å². The quantitative estimate of drug-likeness (QED) is 0.737. The number of pyridine rings is 2. The van der Waals surface area contributed by atoms with Gasteiger partial charge in [0.15, 0.2) is 0 Å². The molecule has 2 aliphatic heterocycles. The smallest absolute Gasteiger partial charge is 0.410 e. The second-order valence-corrected chi connectivity index (χ2v) is 6.87. The van der Waals surface area contributed by atoms with Gasteiger partial charge in [-0.1, -0.05) is 0 Å². The highest BCUT2D eigenvalue weighted by atomic mass is 19.4. The molecule has 11 heteroatoms. The molecule has 2 N–H and O–H groups in total. The van der Waals surface area contributed by atoms with Crippen LogP contribution in [0.1, 0.15) is 24.4 Å². The largest absolute Gasteiger partial charge is 0.416 e. The fraction of sp³-hybridized carbons (Fsp3) is 0.389. The van der Waals surface area contributed by atoms with Crippen molar-refractivity contribution in [2.75, 3.05) is 29.9 Å². The first kappa shape index (κ1) is 19.4. The standard InChI is InChI=1S/C18H17F4N5O2/c1-9-8-27(5-4-23-9)13-7-10(18(20,21)22)6-12(25-13)11-2-3-24-16-14(11)15(19)29-17(28)26-16/h2-3,6-7,9,15,23H,4-5,8H2,1H3,(H,24,26,28). The van der Waals surface area contributed by atoms with Crippen molar-refractivity contribution in [3.8, 4) is 11.3 Å². The number of amides is 1. The highest BCUT2D eigenvalue weighted by molar-refractivity contribution is 5.89. The zero-order chi connectivity index (χ0) is 20.8. The molecular weight excluding hydrogens is 394 g/mol. The van der Waals surface area contributed by atoms with Gasteiger partial charge in [-0.2, -0.15) is 17.6 Å². The molecule has 4 heterocycles. The fourth-order valence-electron chi connectivity index (χ4n) is 3.43. The topological polar surface area (TPSA) is 79.4 Å². The van der Waals surface area contributed by atoms with Crippen molar-refractivity contribution in [3.63, 3.8) is 0 Å². The number of hydrogen-bond donors (Lipinski definition) is 2. The van der Waals surface area contributed by atoms with Crippen LogP contribution in [0.25, 0.3) is 11.3 Å². The molecule has 0 saturated carbocycles. The Bertz CT molecular complexity index is 952. The number of anilines is 2. The Kier molecular flexibility index (Phi) is 4.77. The molecule has 0 aliphatic carbocycles. The number of piperazine rings is 1. The van der Waals surface area contributed by atoms with Crippen LogP contribution in [0.4, 0.5) is 34.0 Å². The van der Waals surface area contributed by atoms with Gasteiger partial charge in [-0.15, -0.1) is 0 Å². The predicted molar refractivity (Wildman–Crippen MR) is 96.1 cm³/mol. The van der Waals surface area contributed by atoms with Crippen LogP contribution in [0.15, 0.2) is 24.4 Å². The average molecular weight is 411 g/mol. The van der Waals surface area contributed by atoms with Crippen LogP contribution in [0.3, 0.4) is 0 Å². The number of carbonyl (C=O) groups excluding carboxylic acids is 1. The zero-order valence-corrected chi connectivity index (χ0v) is 15.3. The predicted octanol–water partition coefficient (Wildman–Crippen LogP) is 3.49. The lowest BCUT2D eigenvalue weighted by molar-refractivity contribution is -0.137. The monoisotopic (exact) mass is 411 g/mol. The molecule has 0 spiro atoms. The van der Waals surface area contributed by atoms with E-state index in [1.807, 2.05) is 6.92 Å². The molecule has 29 heavy (non-hydrogen) atoms. The Morgan fingerprint density at radius 3 is 2.83 bits per heavy atom. The Morgan fingerprint density at radius 2 is 2.10 bits per heavy atom. The maximum atomic E-state index is 14.4. The van der Waals surface area contributed by atoms with Crippen molar-refractivity contribution in [1.82, 2.24) is 15.3 Å². The number of aromatic nitrogens is 2. The molecule has 0 aromatic carbocycles. The van der Waals surface area contributed by atoms with Crippen molar-refractivity contribution in [3.05, 3.63) is 35.5 Å². The molecule has 1 saturated heterocycles. The van der Waals surface area contributed by atoms with Crippen molar-refractivity contribution < 1.29 is 27.1 Å². The van der Waals surface area contributed by atoms with E-state index in [-0.39, 0.29) is 34.5 Å². The molecule has 1 amide bonds. The van der Waals surface area contributed by atoms with E-state index in [1.54, 1.807) is 4.90 Å². The van der Waals surface area contributed by atoms with Gasteiger partial charge in [0.05, 0.1) is 16.8 Å². The third-order valence-corrected chi connectivity index (χ3v) is 4.76. The SMILES string of the molecule is CC1CN(c2cc(C(F)(F)F)cc(-c3ccnc4c3C(F)OC(=O)N4)n2)CCN1. The number of carbonyl (C=O) groups is 1. The lowest BCUT2D eigenvalue weighted by Crippen LogP contribution is -2.49. The molecule has 2 aromatic heterocycles. The summed E-state index contributed by atoms with van der Waals surface area (Å²) in [6.45, 7) is 3.49. The van der Waals surface area contributed by atoms with E-state index < -0.39 is 24.2 Å². The Labute approximate surface area is 163 Å². The average Bonchev–Trinajstić information content (AvgIpc) is 2.66. The minimum Gasteiger partial charge on any atom is -0.410 e. The molecule has 2 unspecified atom stereocenters. The Balaban J connectivity index is 1.85. The van der Waals surface area contributed by atoms with Crippen LogP contribution in [-0.2, 0) is 10.9 Å². The van der Waals surface area contributed by atoms with Gasteiger partial charge in [0.1, 0.15) is 11.6 Å². The Morgan fingerprint density at radius 1 is 1.31 bits per heavy atom. The molecule has 0 bridgehead atoms. The normalized spacial score (nSPS) is 22.0. The summed E-state index contributed by atoms with van der Waals surface area (Å²) in [5.74, 6) is 0.0349. The first-order valence-electron chi connectivity index (χ1n) is 8.91. The number of cyclic esters (lactones) is 1. The van der Waals surface area contributed by atoms with Crippen LogP contribution in [0.5, 0.6) is 0 Å². The summed E-state index contributed by atoms with van der Waals surface area (Å²) >= 11 is 0. The number of fused-ring (bicyclic) bond motifs is 1.